The summed E-state index contributed by atoms with van der Waals surface area (Å²) in [6.07, 6.45) is 11.4. The van der Waals surface area contributed by atoms with Crippen LogP contribution in [-0.4, -0.2) is 41.1 Å². The molecule has 4 rings (SSSR count). The van der Waals surface area contributed by atoms with Crippen LogP contribution in [0, 0.1) is 0 Å². The molecule has 2 fully saturated rings. The lowest BCUT2D eigenvalue weighted by molar-refractivity contribution is 0.187. The smallest absolute Gasteiger partial charge is 0.319 e. The lowest BCUT2D eigenvalue weighted by Crippen LogP contribution is -2.42. The zero-order valence-electron chi connectivity index (χ0n) is 15.7. The van der Waals surface area contributed by atoms with Crippen molar-refractivity contribution in [3.63, 3.8) is 0 Å². The number of urea groups is 1. The van der Waals surface area contributed by atoms with E-state index in [1.165, 1.54) is 32.1 Å². The molecule has 1 aliphatic heterocycles. The maximum Gasteiger partial charge on any atom is 0.319 e. The van der Waals surface area contributed by atoms with Crippen molar-refractivity contribution in [1.82, 2.24) is 15.2 Å². The number of likely N-dealkylation sites (tertiary alicyclic amines) is 1. The molecule has 27 heavy (non-hydrogen) atoms. The van der Waals surface area contributed by atoms with Gasteiger partial charge in [-0.05, 0) is 43.0 Å². The molecule has 1 aromatic heterocycles. The van der Waals surface area contributed by atoms with Crippen molar-refractivity contribution < 1.29 is 4.79 Å². The van der Waals surface area contributed by atoms with Gasteiger partial charge < -0.3 is 10.6 Å². The number of anilines is 1. The van der Waals surface area contributed by atoms with Crippen molar-refractivity contribution in [2.45, 2.75) is 50.6 Å². The Morgan fingerprint density at radius 3 is 2.70 bits per heavy atom. The lowest BCUT2D eigenvalue weighted by atomic mass is 9.94. The van der Waals surface area contributed by atoms with Crippen LogP contribution in [0.4, 0.5) is 10.5 Å². The Morgan fingerprint density at radius 2 is 1.89 bits per heavy atom. The van der Waals surface area contributed by atoms with Crippen molar-refractivity contribution in [1.29, 1.82) is 0 Å². The van der Waals surface area contributed by atoms with Crippen LogP contribution in [0.15, 0.2) is 48.8 Å². The maximum atomic E-state index is 12.4. The first-order valence-corrected chi connectivity index (χ1v) is 10.1. The molecular formula is C22H28N4O. The van der Waals surface area contributed by atoms with Crippen LogP contribution in [-0.2, 0) is 0 Å². The molecule has 1 unspecified atom stereocenters. The average Bonchev–Trinajstić information content (AvgIpc) is 3.18. The van der Waals surface area contributed by atoms with Crippen molar-refractivity contribution in [3.8, 4) is 11.1 Å². The largest absolute Gasteiger partial charge is 0.334 e. The highest BCUT2D eigenvalue weighted by Gasteiger charge is 2.29. The highest BCUT2D eigenvalue weighted by atomic mass is 16.2. The molecule has 1 atom stereocenters. The minimum absolute atomic E-state index is 0.117. The van der Waals surface area contributed by atoms with E-state index in [4.69, 9.17) is 0 Å². The summed E-state index contributed by atoms with van der Waals surface area (Å²) >= 11 is 0. The van der Waals surface area contributed by atoms with Gasteiger partial charge in [-0.2, -0.15) is 0 Å². The van der Waals surface area contributed by atoms with E-state index in [0.717, 1.165) is 42.4 Å². The third-order valence-electron chi connectivity index (χ3n) is 5.76. The summed E-state index contributed by atoms with van der Waals surface area (Å²) in [6, 6.07) is 12.7. The molecule has 142 valence electrons. The number of amides is 2. The molecule has 0 bridgehead atoms. The Labute approximate surface area is 161 Å². The van der Waals surface area contributed by atoms with E-state index in [-0.39, 0.29) is 12.1 Å². The van der Waals surface area contributed by atoms with Gasteiger partial charge in [-0.3, -0.25) is 9.88 Å². The van der Waals surface area contributed by atoms with Crippen molar-refractivity contribution in [3.05, 3.63) is 48.8 Å². The molecule has 2 amide bonds. The first-order chi connectivity index (χ1) is 13.3. The maximum absolute atomic E-state index is 12.4. The number of carbonyl (C=O) groups is 1. The molecular weight excluding hydrogens is 336 g/mol. The van der Waals surface area contributed by atoms with Crippen LogP contribution in [0.25, 0.3) is 11.1 Å². The van der Waals surface area contributed by atoms with E-state index < -0.39 is 0 Å². The zero-order chi connectivity index (χ0) is 18.5. The lowest BCUT2D eigenvalue weighted by Gasteiger charge is -2.31. The Hall–Kier alpha value is -2.40. The minimum atomic E-state index is -0.117. The number of carbonyl (C=O) groups excluding carboxylic acids is 1. The van der Waals surface area contributed by atoms with Gasteiger partial charge in [-0.1, -0.05) is 37.5 Å². The third kappa shape index (κ3) is 4.66. The molecule has 1 saturated heterocycles. The van der Waals surface area contributed by atoms with E-state index in [1.54, 1.807) is 6.20 Å². The number of nitrogens with zero attached hydrogens (tertiary/aromatic N) is 2. The second kappa shape index (κ2) is 8.53. The first kappa shape index (κ1) is 18.0. The summed E-state index contributed by atoms with van der Waals surface area (Å²) < 4.78 is 0. The summed E-state index contributed by atoms with van der Waals surface area (Å²) in [7, 11) is 0. The van der Waals surface area contributed by atoms with Crippen molar-refractivity contribution in [2.75, 3.05) is 18.4 Å². The van der Waals surface area contributed by atoms with Gasteiger partial charge in [0.25, 0.3) is 0 Å². The van der Waals surface area contributed by atoms with Gasteiger partial charge >= 0.3 is 6.03 Å². The fourth-order valence-corrected chi connectivity index (χ4v) is 4.35. The molecule has 2 heterocycles. The second-order valence-corrected chi connectivity index (χ2v) is 7.69. The normalized spacial score (nSPS) is 21.1. The monoisotopic (exact) mass is 364 g/mol. The summed E-state index contributed by atoms with van der Waals surface area (Å²) in [6.45, 7) is 2.08. The predicted octanol–water partition coefficient (Wildman–Crippen LogP) is 4.28. The summed E-state index contributed by atoms with van der Waals surface area (Å²) in [5.41, 5.74) is 2.89. The van der Waals surface area contributed by atoms with Crippen molar-refractivity contribution in [2.24, 2.45) is 0 Å². The summed E-state index contributed by atoms with van der Waals surface area (Å²) in [4.78, 5) is 19.2. The molecule has 5 heteroatoms. The topological polar surface area (TPSA) is 57.3 Å². The fraction of sp³-hybridized carbons (Fsp3) is 0.455. The number of benzene rings is 1. The van der Waals surface area contributed by atoms with Crippen LogP contribution < -0.4 is 10.6 Å². The van der Waals surface area contributed by atoms with Crippen LogP contribution in [0.5, 0.6) is 0 Å². The Kier molecular flexibility index (Phi) is 5.68. The summed E-state index contributed by atoms with van der Waals surface area (Å²) in [5, 5.41) is 6.14. The number of aromatic nitrogens is 1. The Morgan fingerprint density at radius 1 is 1.04 bits per heavy atom. The third-order valence-corrected chi connectivity index (χ3v) is 5.76. The molecule has 0 radical (unpaired) electrons. The van der Waals surface area contributed by atoms with E-state index in [1.807, 2.05) is 42.6 Å². The molecule has 5 nitrogen and oxygen atoms in total. The standard InChI is InChI=1S/C22H28N4O/c27-22(25-20-11-13-26(16-20)21-9-2-1-3-10-21)24-19-8-4-6-17(14-19)18-7-5-12-23-15-18/h4-8,12,14-15,20-21H,1-3,9-11,13,16H2,(H2,24,25,27). The fourth-order valence-electron chi connectivity index (χ4n) is 4.35. The molecule has 0 spiro atoms. The van der Waals surface area contributed by atoms with Crippen LogP contribution in [0.3, 0.4) is 0 Å². The van der Waals surface area contributed by atoms with Gasteiger partial charge in [0.05, 0.1) is 0 Å². The van der Waals surface area contributed by atoms with Gasteiger partial charge in [0.1, 0.15) is 0 Å². The van der Waals surface area contributed by atoms with Crippen LogP contribution in [0.1, 0.15) is 38.5 Å². The number of pyridine rings is 1. The van der Waals surface area contributed by atoms with E-state index in [9.17, 15) is 4.79 Å². The van der Waals surface area contributed by atoms with Gasteiger partial charge in [0, 0.05) is 48.8 Å². The van der Waals surface area contributed by atoms with E-state index in [2.05, 4.69) is 20.5 Å². The number of nitrogens with one attached hydrogen (secondary N) is 2. The highest BCUT2D eigenvalue weighted by Crippen LogP contribution is 2.26. The van der Waals surface area contributed by atoms with E-state index >= 15 is 0 Å². The van der Waals surface area contributed by atoms with Gasteiger partial charge in [0.2, 0.25) is 0 Å². The Balaban J connectivity index is 1.31. The molecule has 2 aliphatic rings. The average molecular weight is 364 g/mol. The number of hydrogen-bond acceptors (Lipinski definition) is 3. The molecule has 1 aliphatic carbocycles. The number of rotatable bonds is 4. The van der Waals surface area contributed by atoms with E-state index in [0.29, 0.717) is 0 Å². The molecule has 2 aromatic rings. The zero-order valence-corrected chi connectivity index (χ0v) is 15.7. The van der Waals surface area contributed by atoms with Gasteiger partial charge in [0.15, 0.2) is 0 Å². The highest BCUT2D eigenvalue weighted by molar-refractivity contribution is 5.90. The van der Waals surface area contributed by atoms with Crippen molar-refractivity contribution >= 4 is 11.7 Å². The van der Waals surface area contributed by atoms with Crippen LogP contribution >= 0.6 is 0 Å². The number of hydrogen-bond donors (Lipinski definition) is 2. The SMILES string of the molecule is O=C(Nc1cccc(-c2cccnc2)c1)NC1CCN(C2CCCCC2)C1. The molecule has 1 aromatic carbocycles. The molecule has 1 saturated carbocycles. The van der Waals surface area contributed by atoms with Gasteiger partial charge in [-0.15, -0.1) is 0 Å². The molecule has 2 N–H and O–H groups in total. The minimum Gasteiger partial charge on any atom is -0.334 e. The first-order valence-electron chi connectivity index (χ1n) is 10.1. The van der Waals surface area contributed by atoms with Crippen LogP contribution in [0.2, 0.25) is 0 Å². The second-order valence-electron chi connectivity index (χ2n) is 7.69. The van der Waals surface area contributed by atoms with Gasteiger partial charge in [-0.25, -0.2) is 4.79 Å². The Bertz CT molecular complexity index is 758. The predicted molar refractivity (Wildman–Crippen MR) is 109 cm³/mol. The summed E-state index contributed by atoms with van der Waals surface area (Å²) in [5.74, 6) is 0. The quantitative estimate of drug-likeness (QED) is 0.851.